The Hall–Kier alpha value is -3.60. The standard InChI is InChI=1S/C30H29N2O.C15H28O2.Ir/c1-19(2)12-23-17-33-29-11-10-21(14-25(23)29)27-16-28(32-18-31-27)22-13-20-8-6-7-9-24(20)26(15-22)30(3,4)5;1-7-14(5,8-2)12(16)11-13(17)15(6,9-3)10-4;/h6-11,14-19H,12H2,1-5H3;11,16H,7-10H2,1-6H3;/q-1;;/b;12-11-;. The number of nitrogens with zero attached hydrogens (tertiary/aromatic N) is 2. The molecule has 0 aliphatic rings. The Labute approximate surface area is 319 Å². The van der Waals surface area contributed by atoms with Gasteiger partial charge in [0.05, 0.1) is 12.0 Å². The fourth-order valence-electron chi connectivity index (χ4n) is 6.17. The molecule has 0 aliphatic heterocycles. The molecule has 2 heterocycles. The van der Waals surface area contributed by atoms with E-state index in [1.165, 1.54) is 22.6 Å². The Morgan fingerprint density at radius 1 is 0.843 bits per heavy atom. The number of carbonyl (C=O) groups excluding carboxylic acids is 1. The van der Waals surface area contributed by atoms with Gasteiger partial charge in [-0.25, -0.2) is 4.98 Å². The molecule has 5 nitrogen and oxygen atoms in total. The first-order valence-electron chi connectivity index (χ1n) is 18.3. The number of hydrogen-bond donors (Lipinski definition) is 1. The molecule has 0 atom stereocenters. The molecular weight excluding hydrogens is 809 g/mol. The van der Waals surface area contributed by atoms with E-state index >= 15 is 0 Å². The molecule has 51 heavy (non-hydrogen) atoms. The van der Waals surface area contributed by atoms with Crippen molar-refractivity contribution < 1.29 is 34.4 Å². The number of aliphatic hydroxyl groups excluding tert-OH is 1. The number of benzene rings is 3. The van der Waals surface area contributed by atoms with E-state index in [1.54, 1.807) is 6.33 Å². The number of furan rings is 1. The van der Waals surface area contributed by atoms with E-state index in [9.17, 15) is 9.90 Å². The van der Waals surface area contributed by atoms with E-state index in [0.717, 1.165) is 71.0 Å². The SMILES string of the molecule is CC(C)Cc1coc2ccc(-c3cc(-c4[c-]c5ccccc5c(C(C)(C)C)c4)ncn3)cc12.CCC(C)(CC)C(=O)/C=C(\O)C(C)(CC)CC.[Ir]. The maximum atomic E-state index is 12.2. The van der Waals surface area contributed by atoms with Crippen LogP contribution in [0, 0.1) is 22.8 Å². The number of hydrogen-bond acceptors (Lipinski definition) is 5. The fourth-order valence-corrected chi connectivity index (χ4v) is 6.17. The molecule has 0 bridgehead atoms. The van der Waals surface area contributed by atoms with Gasteiger partial charge in [0.2, 0.25) is 0 Å². The van der Waals surface area contributed by atoms with Gasteiger partial charge in [0, 0.05) is 53.7 Å². The van der Waals surface area contributed by atoms with Crippen LogP contribution in [0.25, 0.3) is 44.3 Å². The molecule has 0 fully saturated rings. The van der Waals surface area contributed by atoms with Gasteiger partial charge in [-0.05, 0) is 73.3 Å². The minimum absolute atomic E-state index is 0. The summed E-state index contributed by atoms with van der Waals surface area (Å²) >= 11 is 0. The number of fused-ring (bicyclic) bond motifs is 2. The molecule has 275 valence electrons. The van der Waals surface area contributed by atoms with Crippen LogP contribution in [0.15, 0.2) is 83.4 Å². The first-order chi connectivity index (χ1) is 23.6. The predicted molar refractivity (Wildman–Crippen MR) is 209 cm³/mol. The number of aromatic nitrogens is 2. The van der Waals surface area contributed by atoms with Crippen molar-refractivity contribution in [3.8, 4) is 22.5 Å². The monoisotopic (exact) mass is 866 g/mol. The van der Waals surface area contributed by atoms with Gasteiger partial charge in [-0.3, -0.25) is 9.78 Å². The zero-order valence-corrected chi connectivity index (χ0v) is 34.9. The maximum absolute atomic E-state index is 12.2. The summed E-state index contributed by atoms with van der Waals surface area (Å²) in [6.45, 7) is 23.3. The molecule has 1 radical (unpaired) electrons. The Kier molecular flexibility index (Phi) is 14.2. The molecule has 2 aromatic heterocycles. The number of ketones is 1. The van der Waals surface area contributed by atoms with Crippen LogP contribution in [0.2, 0.25) is 0 Å². The Bertz CT molecular complexity index is 1960. The van der Waals surface area contributed by atoms with Crippen LogP contribution in [0.5, 0.6) is 0 Å². The average molecular weight is 866 g/mol. The molecule has 0 aliphatic carbocycles. The van der Waals surface area contributed by atoms with Gasteiger partial charge in [0.25, 0.3) is 0 Å². The zero-order chi connectivity index (χ0) is 36.9. The van der Waals surface area contributed by atoms with E-state index in [1.807, 2.05) is 53.9 Å². The van der Waals surface area contributed by atoms with Gasteiger partial charge in [-0.15, -0.1) is 29.1 Å². The zero-order valence-electron chi connectivity index (χ0n) is 32.5. The van der Waals surface area contributed by atoms with Gasteiger partial charge in [0.15, 0.2) is 5.78 Å². The molecule has 6 heteroatoms. The molecule has 1 N–H and O–H groups in total. The summed E-state index contributed by atoms with van der Waals surface area (Å²) < 4.78 is 5.78. The molecule has 0 amide bonds. The molecule has 0 saturated heterocycles. The van der Waals surface area contributed by atoms with Crippen molar-refractivity contribution in [1.82, 2.24) is 9.97 Å². The number of aliphatic hydroxyl groups is 1. The van der Waals surface area contributed by atoms with Crippen molar-refractivity contribution in [2.24, 2.45) is 16.7 Å². The molecule has 5 rings (SSSR count). The van der Waals surface area contributed by atoms with Crippen LogP contribution in [0.1, 0.15) is 113 Å². The van der Waals surface area contributed by atoms with E-state index in [2.05, 4.69) is 99.2 Å². The smallest absolute Gasteiger partial charge is 0.164 e. The third kappa shape index (κ3) is 9.64. The van der Waals surface area contributed by atoms with Gasteiger partial charge in [-0.1, -0.05) is 105 Å². The van der Waals surface area contributed by atoms with Crippen molar-refractivity contribution >= 4 is 27.5 Å². The number of allylic oxidation sites excluding steroid dienone is 2. The molecular formula is C45H57IrN2O3-. The Morgan fingerprint density at radius 3 is 2.08 bits per heavy atom. The summed E-state index contributed by atoms with van der Waals surface area (Å²) in [6.07, 6.45) is 9.29. The van der Waals surface area contributed by atoms with Gasteiger partial charge in [0.1, 0.15) is 17.7 Å². The van der Waals surface area contributed by atoms with E-state index < -0.39 is 0 Å². The van der Waals surface area contributed by atoms with Crippen molar-refractivity contribution in [3.63, 3.8) is 0 Å². The quantitative estimate of drug-likeness (QED) is 0.0813. The Balaban J connectivity index is 0.000000335. The van der Waals surface area contributed by atoms with Crippen LogP contribution in [0.4, 0.5) is 0 Å². The largest absolute Gasteiger partial charge is 0.512 e. The van der Waals surface area contributed by atoms with E-state index in [4.69, 9.17) is 4.42 Å². The predicted octanol–water partition coefficient (Wildman–Crippen LogP) is 12.7. The summed E-state index contributed by atoms with van der Waals surface area (Å²) in [5.41, 5.74) is 6.71. The minimum Gasteiger partial charge on any atom is -0.512 e. The van der Waals surface area contributed by atoms with Crippen molar-refractivity contribution in [3.05, 3.63) is 96.2 Å². The third-order valence-corrected chi connectivity index (χ3v) is 10.7. The van der Waals surface area contributed by atoms with Crippen LogP contribution in [-0.4, -0.2) is 20.9 Å². The average Bonchev–Trinajstić information content (AvgIpc) is 3.51. The summed E-state index contributed by atoms with van der Waals surface area (Å²) in [6, 6.07) is 22.6. The molecule has 3 aromatic carbocycles. The van der Waals surface area contributed by atoms with Gasteiger partial charge in [-0.2, -0.15) is 0 Å². The van der Waals surface area contributed by atoms with Gasteiger partial charge < -0.3 is 9.52 Å². The number of carbonyl (C=O) groups is 1. The number of rotatable bonds is 11. The summed E-state index contributed by atoms with van der Waals surface area (Å²) in [5, 5.41) is 13.6. The molecule has 0 saturated carbocycles. The van der Waals surface area contributed by atoms with Crippen molar-refractivity contribution in [2.45, 2.75) is 114 Å². The normalized spacial score (nSPS) is 12.5. The van der Waals surface area contributed by atoms with Gasteiger partial charge >= 0.3 is 0 Å². The summed E-state index contributed by atoms with van der Waals surface area (Å²) in [7, 11) is 0. The summed E-state index contributed by atoms with van der Waals surface area (Å²) in [4.78, 5) is 21.4. The topological polar surface area (TPSA) is 76.2 Å². The van der Waals surface area contributed by atoms with Crippen LogP contribution >= 0.6 is 0 Å². The first-order valence-corrected chi connectivity index (χ1v) is 18.3. The van der Waals surface area contributed by atoms with E-state index in [-0.39, 0.29) is 47.9 Å². The second-order valence-electron chi connectivity index (χ2n) is 15.7. The minimum atomic E-state index is -0.337. The van der Waals surface area contributed by atoms with Crippen LogP contribution in [0.3, 0.4) is 0 Å². The molecule has 5 aromatic rings. The van der Waals surface area contributed by atoms with Crippen molar-refractivity contribution in [2.75, 3.05) is 0 Å². The fraction of sp³-hybridized carbons (Fsp3) is 0.444. The Morgan fingerprint density at radius 2 is 1.47 bits per heavy atom. The maximum Gasteiger partial charge on any atom is 0.164 e. The molecule has 0 unspecified atom stereocenters. The second kappa shape index (κ2) is 17.3. The van der Waals surface area contributed by atoms with Crippen molar-refractivity contribution in [1.29, 1.82) is 0 Å². The van der Waals surface area contributed by atoms with E-state index in [0.29, 0.717) is 5.92 Å². The van der Waals surface area contributed by atoms with Crippen LogP contribution in [-0.2, 0) is 36.7 Å². The third-order valence-electron chi connectivity index (χ3n) is 10.7. The summed E-state index contributed by atoms with van der Waals surface area (Å²) in [5.74, 6) is 0.856. The second-order valence-corrected chi connectivity index (χ2v) is 15.7. The first kappa shape index (κ1) is 41.8. The molecule has 0 spiro atoms. The van der Waals surface area contributed by atoms with Crippen LogP contribution < -0.4 is 0 Å².